The maximum absolute atomic E-state index is 12.1. The molecule has 0 bridgehead atoms. The summed E-state index contributed by atoms with van der Waals surface area (Å²) in [5.74, 6) is -0.00343. The molecule has 0 saturated carbocycles. The van der Waals surface area contributed by atoms with Crippen molar-refractivity contribution >= 4 is 17.3 Å². The number of non-ortho nitro benzene ring substituents is 1. The highest BCUT2D eigenvalue weighted by atomic mass is 16.6. The van der Waals surface area contributed by atoms with Crippen molar-refractivity contribution in [3.63, 3.8) is 0 Å². The van der Waals surface area contributed by atoms with Crippen LogP contribution in [-0.4, -0.2) is 31.1 Å². The maximum atomic E-state index is 12.1. The quantitative estimate of drug-likeness (QED) is 0.615. The van der Waals surface area contributed by atoms with Crippen LogP contribution in [0.4, 0.5) is 11.4 Å². The number of nitrogens with zero attached hydrogens (tertiary/aromatic N) is 2. The van der Waals surface area contributed by atoms with Crippen molar-refractivity contribution in [3.8, 4) is 0 Å². The number of rotatable bonds is 4. The highest BCUT2D eigenvalue weighted by Crippen LogP contribution is 2.30. The van der Waals surface area contributed by atoms with E-state index >= 15 is 0 Å². The number of nitro groups is 1. The molecule has 0 atom stereocenters. The average molecular weight is 264 g/mol. The van der Waals surface area contributed by atoms with Gasteiger partial charge >= 0.3 is 0 Å². The molecule has 0 aliphatic carbocycles. The Morgan fingerprint density at radius 1 is 1.42 bits per heavy atom. The van der Waals surface area contributed by atoms with E-state index in [9.17, 15) is 14.9 Å². The molecule has 19 heavy (non-hydrogen) atoms. The van der Waals surface area contributed by atoms with Gasteiger partial charge in [0.1, 0.15) is 0 Å². The summed E-state index contributed by atoms with van der Waals surface area (Å²) < 4.78 is 5.00. The molecule has 1 aliphatic heterocycles. The Morgan fingerprint density at radius 3 is 2.89 bits per heavy atom. The molecule has 2 rings (SSSR count). The second-order valence-electron chi connectivity index (χ2n) is 4.46. The number of benzene rings is 1. The van der Waals surface area contributed by atoms with Crippen molar-refractivity contribution in [3.05, 3.63) is 33.9 Å². The first kappa shape index (κ1) is 13.5. The molecule has 0 N–H and O–H groups in total. The zero-order chi connectivity index (χ0) is 13.8. The summed E-state index contributed by atoms with van der Waals surface area (Å²) in [5, 5.41) is 10.9. The van der Waals surface area contributed by atoms with Crippen molar-refractivity contribution in [2.75, 3.05) is 25.2 Å². The lowest BCUT2D eigenvalue weighted by molar-refractivity contribution is -0.384. The third-order valence-corrected chi connectivity index (χ3v) is 3.23. The molecule has 1 aliphatic rings. The molecule has 6 nitrogen and oxygen atoms in total. The Labute approximate surface area is 111 Å². The van der Waals surface area contributed by atoms with Gasteiger partial charge in [-0.25, -0.2) is 0 Å². The fourth-order valence-corrected chi connectivity index (χ4v) is 2.26. The normalized spacial score (nSPS) is 15.0. The molecule has 102 valence electrons. The van der Waals surface area contributed by atoms with Crippen LogP contribution in [0.1, 0.15) is 18.4 Å². The smallest absolute Gasteiger partial charge is 0.271 e. The fourth-order valence-electron chi connectivity index (χ4n) is 2.26. The molecule has 0 spiro atoms. The van der Waals surface area contributed by atoms with Crippen LogP contribution in [0.25, 0.3) is 0 Å². The standard InChI is InChI=1S/C13H16N2O4/c1-19-8-7-14-12-9-11(15(17)18)6-5-10(12)3-2-4-13(14)16/h5-6,9H,2-4,7-8H2,1H3. The fraction of sp³-hybridized carbons (Fsp3) is 0.462. The van der Waals surface area contributed by atoms with E-state index < -0.39 is 4.92 Å². The van der Waals surface area contributed by atoms with Crippen molar-refractivity contribution in [2.45, 2.75) is 19.3 Å². The van der Waals surface area contributed by atoms with E-state index in [-0.39, 0.29) is 11.6 Å². The molecule has 1 aromatic rings. The van der Waals surface area contributed by atoms with Crippen LogP contribution in [0.2, 0.25) is 0 Å². The zero-order valence-corrected chi connectivity index (χ0v) is 10.8. The number of amides is 1. The van der Waals surface area contributed by atoms with Crippen molar-refractivity contribution < 1.29 is 14.5 Å². The van der Waals surface area contributed by atoms with Gasteiger partial charge in [-0.05, 0) is 18.4 Å². The van der Waals surface area contributed by atoms with E-state index in [2.05, 4.69) is 0 Å². The molecular weight excluding hydrogens is 248 g/mol. The number of aryl methyl sites for hydroxylation is 1. The Hall–Kier alpha value is -1.95. The lowest BCUT2D eigenvalue weighted by Gasteiger charge is -2.22. The van der Waals surface area contributed by atoms with E-state index in [1.165, 1.54) is 12.1 Å². The van der Waals surface area contributed by atoms with Crippen molar-refractivity contribution in [1.82, 2.24) is 0 Å². The van der Waals surface area contributed by atoms with E-state index in [4.69, 9.17) is 4.74 Å². The minimum atomic E-state index is -0.440. The van der Waals surface area contributed by atoms with Gasteiger partial charge in [-0.1, -0.05) is 6.07 Å². The predicted molar refractivity (Wildman–Crippen MR) is 70.3 cm³/mol. The summed E-state index contributed by atoms with van der Waals surface area (Å²) in [7, 11) is 1.57. The summed E-state index contributed by atoms with van der Waals surface area (Å²) in [6.45, 7) is 0.831. The Bertz CT molecular complexity index is 501. The molecule has 0 unspecified atom stereocenters. The molecular formula is C13H16N2O4. The number of methoxy groups -OCH3 is 1. The highest BCUT2D eigenvalue weighted by Gasteiger charge is 2.23. The Morgan fingerprint density at radius 2 is 2.21 bits per heavy atom. The second kappa shape index (κ2) is 5.79. The highest BCUT2D eigenvalue weighted by molar-refractivity contribution is 5.95. The summed E-state index contributed by atoms with van der Waals surface area (Å²) in [4.78, 5) is 24.1. The average Bonchev–Trinajstić information content (AvgIpc) is 2.54. The summed E-state index contributed by atoms with van der Waals surface area (Å²) in [5.41, 5.74) is 1.64. The van der Waals surface area contributed by atoms with E-state index in [1.54, 1.807) is 18.1 Å². The minimum Gasteiger partial charge on any atom is -0.383 e. The summed E-state index contributed by atoms with van der Waals surface area (Å²) in [6.07, 6.45) is 2.00. The molecule has 0 aromatic heterocycles. The number of nitro benzene ring substituents is 1. The summed E-state index contributed by atoms with van der Waals surface area (Å²) in [6, 6.07) is 4.71. The largest absolute Gasteiger partial charge is 0.383 e. The van der Waals surface area contributed by atoms with Crippen LogP contribution >= 0.6 is 0 Å². The Balaban J connectivity index is 2.40. The predicted octanol–water partition coefficient (Wildman–Crippen LogP) is 1.91. The van der Waals surface area contributed by atoms with Gasteiger partial charge in [0, 0.05) is 32.2 Å². The molecule has 1 aromatic carbocycles. The SMILES string of the molecule is COCCN1C(=O)CCCc2ccc([N+](=O)[O-])cc21. The van der Waals surface area contributed by atoms with Crippen LogP contribution in [0.15, 0.2) is 18.2 Å². The number of anilines is 1. The topological polar surface area (TPSA) is 72.7 Å². The van der Waals surface area contributed by atoms with Gasteiger partial charge in [0.2, 0.25) is 5.91 Å². The number of fused-ring (bicyclic) bond motifs is 1. The van der Waals surface area contributed by atoms with Crippen molar-refractivity contribution in [1.29, 1.82) is 0 Å². The number of ether oxygens (including phenoxy) is 1. The lowest BCUT2D eigenvalue weighted by atomic mass is 10.1. The number of carbonyl (C=O) groups is 1. The number of hydrogen-bond donors (Lipinski definition) is 0. The number of hydrogen-bond acceptors (Lipinski definition) is 4. The molecule has 0 fully saturated rings. The van der Waals surface area contributed by atoms with E-state index in [0.717, 1.165) is 18.4 Å². The third-order valence-electron chi connectivity index (χ3n) is 3.23. The maximum Gasteiger partial charge on any atom is 0.271 e. The van der Waals surface area contributed by atoms with Gasteiger partial charge in [-0.15, -0.1) is 0 Å². The van der Waals surface area contributed by atoms with Gasteiger partial charge in [-0.2, -0.15) is 0 Å². The van der Waals surface area contributed by atoms with Gasteiger partial charge < -0.3 is 9.64 Å². The van der Waals surface area contributed by atoms with E-state index in [0.29, 0.717) is 25.3 Å². The first-order chi connectivity index (χ1) is 9.13. The number of carbonyl (C=O) groups excluding carboxylic acids is 1. The second-order valence-corrected chi connectivity index (χ2v) is 4.46. The minimum absolute atomic E-state index is 0.00343. The molecule has 0 radical (unpaired) electrons. The third kappa shape index (κ3) is 2.90. The lowest BCUT2D eigenvalue weighted by Crippen LogP contribution is -2.33. The van der Waals surface area contributed by atoms with Crippen LogP contribution in [0, 0.1) is 10.1 Å². The van der Waals surface area contributed by atoms with Crippen LogP contribution < -0.4 is 4.90 Å². The van der Waals surface area contributed by atoms with Gasteiger partial charge in [0.15, 0.2) is 0 Å². The molecule has 1 heterocycles. The zero-order valence-electron chi connectivity index (χ0n) is 10.8. The molecule has 6 heteroatoms. The molecule has 1 amide bonds. The van der Waals surface area contributed by atoms with Crippen molar-refractivity contribution in [2.24, 2.45) is 0 Å². The van der Waals surface area contributed by atoms with Crippen LogP contribution in [0.5, 0.6) is 0 Å². The Kier molecular flexibility index (Phi) is 4.11. The van der Waals surface area contributed by atoms with Crippen LogP contribution in [0.3, 0.4) is 0 Å². The first-order valence-corrected chi connectivity index (χ1v) is 6.20. The van der Waals surface area contributed by atoms with Crippen LogP contribution in [-0.2, 0) is 16.0 Å². The monoisotopic (exact) mass is 264 g/mol. The van der Waals surface area contributed by atoms with Gasteiger partial charge in [-0.3, -0.25) is 14.9 Å². The van der Waals surface area contributed by atoms with E-state index in [1.807, 2.05) is 0 Å². The summed E-state index contributed by atoms with van der Waals surface area (Å²) >= 11 is 0. The van der Waals surface area contributed by atoms with Gasteiger partial charge in [0.05, 0.1) is 17.2 Å². The van der Waals surface area contributed by atoms with Gasteiger partial charge in [0.25, 0.3) is 5.69 Å². The molecule has 0 saturated heterocycles. The first-order valence-electron chi connectivity index (χ1n) is 6.20.